The van der Waals surface area contributed by atoms with Crippen molar-refractivity contribution in [2.45, 2.75) is 105 Å². The van der Waals surface area contributed by atoms with Crippen LogP contribution in [0.3, 0.4) is 0 Å². The molecule has 16 nitrogen and oxygen atoms in total. The number of rotatable bonds is 20. The molecule has 0 spiro atoms. The van der Waals surface area contributed by atoms with Crippen molar-refractivity contribution >= 4 is 22.7 Å². The Bertz CT molecular complexity index is 1670. The van der Waals surface area contributed by atoms with Crippen LogP contribution in [0.5, 0.6) is 0 Å². The van der Waals surface area contributed by atoms with Gasteiger partial charge in [0, 0.05) is 21.1 Å². The van der Waals surface area contributed by atoms with Crippen LogP contribution in [0.2, 0.25) is 0 Å². The molecule has 61 heavy (non-hydrogen) atoms. The molecule has 4 aromatic rings. The SMILES string of the molecule is CCCCc1ccc(N=N[N+](C)=O)cc1.CCCCc1ccc(N=N[N+](C)=O)cc1.CCCCc1ccc(N=N[N+](C)=O)cc1.CCCCc1ccc(N=N[N+](C)=O)cc1.[Pt]. The molecule has 0 atom stereocenters. The molecule has 0 radical (unpaired) electrons. The second kappa shape index (κ2) is 35.2. The van der Waals surface area contributed by atoms with E-state index >= 15 is 0 Å². The van der Waals surface area contributed by atoms with Crippen molar-refractivity contribution in [1.29, 1.82) is 0 Å². The summed E-state index contributed by atoms with van der Waals surface area (Å²) in [6, 6.07) is 31.2. The Labute approximate surface area is 375 Å². The molecule has 0 aromatic heterocycles. The molecular weight excluding hydrogens is 956 g/mol. The number of nitrogens with zero attached hydrogens (tertiary/aromatic N) is 12. The summed E-state index contributed by atoms with van der Waals surface area (Å²) in [5.41, 5.74) is 8.02. The molecule has 0 fully saturated rings. The molecule has 0 aliphatic heterocycles. The summed E-state index contributed by atoms with van der Waals surface area (Å²) in [6.07, 6.45) is 14.0. The molecule has 0 bridgehead atoms. The Morgan fingerprint density at radius 2 is 0.492 bits per heavy atom. The largest absolute Gasteiger partial charge is 0.203 e. The Morgan fingerprint density at radius 1 is 0.328 bits per heavy atom. The smallest absolute Gasteiger partial charge is 0.0654 e. The summed E-state index contributed by atoms with van der Waals surface area (Å²) in [5, 5.41) is 28.6. The van der Waals surface area contributed by atoms with Crippen molar-refractivity contribution in [1.82, 2.24) is 0 Å². The van der Waals surface area contributed by atoms with Gasteiger partial charge in [-0.1, -0.05) is 102 Å². The van der Waals surface area contributed by atoms with Gasteiger partial charge in [-0.25, -0.2) is 0 Å². The van der Waals surface area contributed by atoms with Gasteiger partial charge in [-0.05, 0) is 142 Å². The zero-order valence-electron chi connectivity index (χ0n) is 37.0. The maximum atomic E-state index is 10.5. The van der Waals surface area contributed by atoms with Crippen LogP contribution in [-0.4, -0.2) is 47.7 Å². The second-order valence-corrected chi connectivity index (χ2v) is 13.7. The average Bonchev–Trinajstić information content (AvgIpc) is 3.25. The quantitative estimate of drug-likeness (QED) is 0.0486. The fourth-order valence-corrected chi connectivity index (χ4v) is 4.90. The minimum absolute atomic E-state index is 0. The molecule has 0 aliphatic carbocycles. The third kappa shape index (κ3) is 30.1. The van der Waals surface area contributed by atoms with E-state index in [-0.39, 0.29) is 21.1 Å². The first-order chi connectivity index (χ1) is 28.9. The first-order valence-electron chi connectivity index (χ1n) is 20.5. The molecule has 0 heterocycles. The van der Waals surface area contributed by atoms with E-state index in [0.717, 1.165) is 25.7 Å². The minimum Gasteiger partial charge on any atom is -0.0654 e. The van der Waals surface area contributed by atoms with Crippen LogP contribution in [-0.2, 0) is 46.7 Å². The van der Waals surface area contributed by atoms with Crippen molar-refractivity contribution in [2.24, 2.45) is 41.4 Å². The van der Waals surface area contributed by atoms with E-state index in [1.165, 1.54) is 102 Å². The molecule has 4 rings (SSSR count). The van der Waals surface area contributed by atoms with Crippen molar-refractivity contribution in [2.75, 3.05) is 28.2 Å². The topological polar surface area (TPSA) is 179 Å². The predicted octanol–water partition coefficient (Wildman–Crippen LogP) is 13.7. The number of hydrogen-bond acceptors (Lipinski definition) is 8. The zero-order valence-corrected chi connectivity index (χ0v) is 39.3. The Kier molecular flexibility index (Phi) is 31.9. The van der Waals surface area contributed by atoms with Gasteiger partial charge in [0.05, 0.1) is 39.9 Å². The van der Waals surface area contributed by atoms with E-state index in [1.54, 1.807) is 0 Å². The van der Waals surface area contributed by atoms with Crippen LogP contribution >= 0.6 is 0 Å². The number of aryl methyl sites for hydroxylation is 4. The number of benzene rings is 4. The van der Waals surface area contributed by atoms with E-state index in [1.807, 2.05) is 97.1 Å². The maximum absolute atomic E-state index is 10.5. The second-order valence-electron chi connectivity index (χ2n) is 13.7. The first kappa shape index (κ1) is 55.4. The first-order valence-corrected chi connectivity index (χ1v) is 20.5. The van der Waals surface area contributed by atoms with Gasteiger partial charge in [0.2, 0.25) is 22.7 Å². The molecule has 0 saturated heterocycles. The molecule has 330 valence electrons. The maximum Gasteiger partial charge on any atom is 0.203 e. The molecular formula is C44H64N12O4Pt+4. The fourth-order valence-electron chi connectivity index (χ4n) is 4.90. The van der Waals surface area contributed by atoms with E-state index in [9.17, 15) is 19.6 Å². The van der Waals surface area contributed by atoms with Gasteiger partial charge < -0.3 is 0 Å². The number of unbranched alkanes of at least 4 members (excludes halogenated alkanes) is 4. The van der Waals surface area contributed by atoms with Gasteiger partial charge in [0.25, 0.3) is 0 Å². The fraction of sp³-hybridized carbons (Fsp3) is 0.455. The van der Waals surface area contributed by atoms with E-state index in [0.29, 0.717) is 42.2 Å². The summed E-state index contributed by atoms with van der Waals surface area (Å²) in [6.45, 7) is 8.69. The van der Waals surface area contributed by atoms with Crippen molar-refractivity contribution in [3.63, 3.8) is 0 Å². The molecule has 17 heteroatoms. The monoisotopic (exact) mass is 1020 g/mol. The van der Waals surface area contributed by atoms with Crippen molar-refractivity contribution < 1.29 is 40.5 Å². The summed E-state index contributed by atoms with van der Waals surface area (Å²) >= 11 is 0. The average molecular weight is 1020 g/mol. The number of nitroso groups, excluding NO2 is 4. The Hall–Kier alpha value is -5.63. The summed E-state index contributed by atoms with van der Waals surface area (Å²) < 4.78 is 0. The van der Waals surface area contributed by atoms with Crippen molar-refractivity contribution in [3.05, 3.63) is 139 Å². The third-order valence-electron chi connectivity index (χ3n) is 8.17. The molecule has 0 N–H and O–H groups in total. The Balaban J connectivity index is 0.000000783. The summed E-state index contributed by atoms with van der Waals surface area (Å²) in [4.78, 5) is 43.7. The molecule has 0 amide bonds. The molecule has 0 aliphatic rings. The van der Waals surface area contributed by atoms with E-state index in [4.69, 9.17) is 0 Å². The van der Waals surface area contributed by atoms with Crippen LogP contribution in [0.25, 0.3) is 0 Å². The van der Waals surface area contributed by atoms with Crippen LogP contribution in [0.15, 0.2) is 138 Å². The van der Waals surface area contributed by atoms with Crippen LogP contribution < -0.4 is 0 Å². The molecule has 4 aromatic carbocycles. The predicted molar refractivity (Wildman–Crippen MR) is 236 cm³/mol. The van der Waals surface area contributed by atoms with Crippen LogP contribution in [0.1, 0.15) is 101 Å². The number of hydrogen-bond donors (Lipinski definition) is 0. The van der Waals surface area contributed by atoms with Gasteiger partial charge >= 0.3 is 0 Å². The van der Waals surface area contributed by atoms with E-state index in [2.05, 4.69) is 69.0 Å². The van der Waals surface area contributed by atoms with Crippen molar-refractivity contribution in [3.8, 4) is 0 Å². The molecule has 0 unspecified atom stereocenters. The van der Waals surface area contributed by atoms with Gasteiger partial charge in [-0.3, -0.25) is 0 Å². The minimum atomic E-state index is 0. The van der Waals surface area contributed by atoms with Gasteiger partial charge in [-0.2, -0.15) is 0 Å². The summed E-state index contributed by atoms with van der Waals surface area (Å²) in [5.74, 6) is 0. The normalized spacial score (nSPS) is 10.6. The van der Waals surface area contributed by atoms with Gasteiger partial charge in [0.1, 0.15) is 28.2 Å². The standard InChI is InChI=1S/4C11H16N3O.Pt/c4*1-3-4-5-10-6-8-11(9-7-10)12-13-14(2)15;/h4*6-9H,3-5H2,1-2H3;/q4*+1;. The van der Waals surface area contributed by atoms with Gasteiger partial charge in [-0.15, -0.1) is 0 Å². The van der Waals surface area contributed by atoms with E-state index < -0.39 is 0 Å². The third-order valence-corrected chi connectivity index (χ3v) is 8.17. The summed E-state index contributed by atoms with van der Waals surface area (Å²) in [7, 11) is 5.22. The Morgan fingerprint density at radius 3 is 0.623 bits per heavy atom. The molecule has 0 saturated carbocycles. The van der Waals surface area contributed by atoms with Crippen LogP contribution in [0, 0.1) is 19.6 Å². The van der Waals surface area contributed by atoms with Crippen LogP contribution in [0.4, 0.5) is 22.7 Å². The zero-order chi connectivity index (χ0) is 44.4. The van der Waals surface area contributed by atoms with Gasteiger partial charge in [0.15, 0.2) is 20.9 Å².